The molecule has 0 spiro atoms. The summed E-state index contributed by atoms with van der Waals surface area (Å²) in [6.45, 7) is 3.93. The van der Waals surface area contributed by atoms with Gasteiger partial charge in [0.15, 0.2) is 0 Å². The Kier molecular flexibility index (Phi) is 3.01. The zero-order valence-corrected chi connectivity index (χ0v) is 9.46. The molecule has 1 heterocycles. The minimum absolute atomic E-state index is 0.132. The molecule has 1 N–H and O–H groups in total. The summed E-state index contributed by atoms with van der Waals surface area (Å²) in [7, 11) is 0. The van der Waals surface area contributed by atoms with Gasteiger partial charge >= 0.3 is 5.97 Å². The first-order valence-electron chi connectivity index (χ1n) is 4.89. The summed E-state index contributed by atoms with van der Waals surface area (Å²) < 4.78 is 0. The molecular weight excluding hydrogens is 222 g/mol. The molecule has 1 aliphatic carbocycles. The SMILES string of the molecule is C=C1CC=CC(c2csc(C(=O)O)n2)=CC1. The van der Waals surface area contributed by atoms with Crippen LogP contribution in [0.4, 0.5) is 0 Å². The molecule has 1 aromatic rings. The Labute approximate surface area is 97.5 Å². The fourth-order valence-corrected chi connectivity index (χ4v) is 2.12. The van der Waals surface area contributed by atoms with Crippen LogP contribution in [0.2, 0.25) is 0 Å². The van der Waals surface area contributed by atoms with Gasteiger partial charge in [0.25, 0.3) is 0 Å². The smallest absolute Gasteiger partial charge is 0.365 e. The Hall–Kier alpha value is -1.68. The number of aromatic carboxylic acids is 1. The van der Waals surface area contributed by atoms with Crippen molar-refractivity contribution in [3.05, 3.63) is 46.5 Å². The van der Waals surface area contributed by atoms with Crippen LogP contribution in [0.15, 0.2) is 35.8 Å². The Bertz CT molecular complexity index is 497. The number of nitrogens with zero attached hydrogens (tertiary/aromatic N) is 1. The number of carboxylic acids is 1. The van der Waals surface area contributed by atoms with Gasteiger partial charge in [0.2, 0.25) is 5.01 Å². The Morgan fingerprint density at radius 3 is 3.00 bits per heavy atom. The molecule has 0 bridgehead atoms. The molecule has 0 radical (unpaired) electrons. The van der Waals surface area contributed by atoms with Crippen LogP contribution < -0.4 is 0 Å². The van der Waals surface area contributed by atoms with Crippen molar-refractivity contribution < 1.29 is 9.90 Å². The molecule has 0 aliphatic heterocycles. The van der Waals surface area contributed by atoms with Crippen molar-refractivity contribution in [1.82, 2.24) is 4.98 Å². The lowest BCUT2D eigenvalue weighted by Crippen LogP contribution is -1.94. The van der Waals surface area contributed by atoms with E-state index in [1.54, 1.807) is 5.38 Å². The van der Waals surface area contributed by atoms with Crippen molar-refractivity contribution in [2.75, 3.05) is 0 Å². The van der Waals surface area contributed by atoms with Gasteiger partial charge < -0.3 is 5.11 Å². The number of thiazole rings is 1. The first-order valence-corrected chi connectivity index (χ1v) is 5.77. The highest BCUT2D eigenvalue weighted by molar-refractivity contribution is 7.11. The van der Waals surface area contributed by atoms with E-state index >= 15 is 0 Å². The second-order valence-corrected chi connectivity index (χ2v) is 4.42. The van der Waals surface area contributed by atoms with E-state index in [0.717, 1.165) is 41.0 Å². The van der Waals surface area contributed by atoms with Crippen LogP contribution in [0.5, 0.6) is 0 Å². The minimum atomic E-state index is -0.973. The van der Waals surface area contributed by atoms with Crippen LogP contribution in [-0.4, -0.2) is 16.1 Å². The van der Waals surface area contributed by atoms with Gasteiger partial charge in [-0.15, -0.1) is 11.3 Å². The van der Waals surface area contributed by atoms with E-state index in [0.29, 0.717) is 0 Å². The zero-order valence-electron chi connectivity index (χ0n) is 8.64. The maximum Gasteiger partial charge on any atom is 0.365 e. The number of carbonyl (C=O) groups is 1. The maximum absolute atomic E-state index is 10.7. The molecule has 0 atom stereocenters. The topological polar surface area (TPSA) is 50.2 Å². The van der Waals surface area contributed by atoms with E-state index in [4.69, 9.17) is 5.11 Å². The third kappa shape index (κ3) is 2.28. The molecule has 0 amide bonds. The van der Waals surface area contributed by atoms with Crippen LogP contribution in [0.1, 0.15) is 28.3 Å². The van der Waals surface area contributed by atoms with Crippen molar-refractivity contribution in [2.45, 2.75) is 12.8 Å². The van der Waals surface area contributed by atoms with Crippen LogP contribution in [0.25, 0.3) is 5.57 Å². The van der Waals surface area contributed by atoms with E-state index < -0.39 is 5.97 Å². The number of hydrogen-bond acceptors (Lipinski definition) is 3. The summed E-state index contributed by atoms with van der Waals surface area (Å²) in [4.78, 5) is 14.8. The van der Waals surface area contributed by atoms with Gasteiger partial charge in [0, 0.05) is 5.38 Å². The fraction of sp³-hybridized carbons (Fsp3) is 0.167. The minimum Gasteiger partial charge on any atom is -0.476 e. The Morgan fingerprint density at radius 1 is 1.50 bits per heavy atom. The van der Waals surface area contributed by atoms with E-state index in [1.807, 2.05) is 18.2 Å². The molecule has 3 nitrogen and oxygen atoms in total. The van der Waals surface area contributed by atoms with Gasteiger partial charge in [-0.1, -0.05) is 30.4 Å². The summed E-state index contributed by atoms with van der Waals surface area (Å²) in [6, 6.07) is 0. The van der Waals surface area contributed by atoms with Gasteiger partial charge in [0.05, 0.1) is 5.69 Å². The van der Waals surface area contributed by atoms with Gasteiger partial charge in [-0.25, -0.2) is 9.78 Å². The molecule has 0 fully saturated rings. The normalized spacial score (nSPS) is 15.8. The quantitative estimate of drug-likeness (QED) is 0.798. The summed E-state index contributed by atoms with van der Waals surface area (Å²) in [5, 5.41) is 10.7. The monoisotopic (exact) mass is 233 g/mol. The van der Waals surface area contributed by atoms with Crippen molar-refractivity contribution in [3.63, 3.8) is 0 Å². The summed E-state index contributed by atoms with van der Waals surface area (Å²) >= 11 is 1.15. The fourth-order valence-electron chi connectivity index (χ4n) is 1.45. The molecule has 2 rings (SSSR count). The maximum atomic E-state index is 10.7. The lowest BCUT2D eigenvalue weighted by molar-refractivity contribution is 0.0696. The second-order valence-electron chi connectivity index (χ2n) is 3.56. The van der Waals surface area contributed by atoms with Crippen molar-refractivity contribution >= 4 is 22.9 Å². The first-order chi connectivity index (χ1) is 7.66. The molecular formula is C12H11NO2S. The molecule has 82 valence electrons. The number of rotatable bonds is 2. The van der Waals surface area contributed by atoms with Crippen molar-refractivity contribution in [3.8, 4) is 0 Å². The summed E-state index contributed by atoms with van der Waals surface area (Å²) in [5.74, 6) is -0.973. The predicted molar refractivity (Wildman–Crippen MR) is 64.6 cm³/mol. The molecule has 0 saturated heterocycles. The number of aromatic nitrogens is 1. The zero-order chi connectivity index (χ0) is 11.5. The molecule has 0 aromatic carbocycles. The molecule has 1 aliphatic rings. The number of carboxylic acid groups (broad SMARTS) is 1. The van der Waals surface area contributed by atoms with Crippen molar-refractivity contribution in [2.24, 2.45) is 0 Å². The number of allylic oxidation sites excluding steroid dienone is 5. The van der Waals surface area contributed by atoms with Gasteiger partial charge in [-0.3, -0.25) is 0 Å². The van der Waals surface area contributed by atoms with E-state index in [-0.39, 0.29) is 5.01 Å². The Balaban J connectivity index is 2.29. The van der Waals surface area contributed by atoms with E-state index in [9.17, 15) is 4.79 Å². The van der Waals surface area contributed by atoms with Gasteiger partial charge in [-0.2, -0.15) is 0 Å². The van der Waals surface area contributed by atoms with Gasteiger partial charge in [0.1, 0.15) is 0 Å². The largest absolute Gasteiger partial charge is 0.476 e. The van der Waals surface area contributed by atoms with E-state index in [1.165, 1.54) is 0 Å². The van der Waals surface area contributed by atoms with Crippen molar-refractivity contribution in [1.29, 1.82) is 0 Å². The lowest BCUT2D eigenvalue weighted by atomic mass is 10.1. The molecule has 1 aromatic heterocycles. The van der Waals surface area contributed by atoms with E-state index in [2.05, 4.69) is 11.6 Å². The molecule has 4 heteroatoms. The first kappa shape index (κ1) is 10.8. The van der Waals surface area contributed by atoms with Crippen LogP contribution in [0.3, 0.4) is 0 Å². The third-order valence-electron chi connectivity index (χ3n) is 2.30. The van der Waals surface area contributed by atoms with Crippen LogP contribution >= 0.6 is 11.3 Å². The van der Waals surface area contributed by atoms with Crippen LogP contribution in [0, 0.1) is 0 Å². The highest BCUT2D eigenvalue weighted by Gasteiger charge is 2.11. The van der Waals surface area contributed by atoms with Crippen LogP contribution in [-0.2, 0) is 0 Å². The van der Waals surface area contributed by atoms with Gasteiger partial charge in [-0.05, 0) is 18.4 Å². The molecule has 16 heavy (non-hydrogen) atoms. The predicted octanol–water partition coefficient (Wildman–Crippen LogP) is 3.13. The standard InChI is InChI=1S/C12H11NO2S/c1-8-3-2-4-9(6-5-8)10-7-16-11(13-10)12(14)15/h2,4,6-7H,1,3,5H2,(H,14,15). The average molecular weight is 233 g/mol. The highest BCUT2D eigenvalue weighted by atomic mass is 32.1. The lowest BCUT2D eigenvalue weighted by Gasteiger charge is -1.95. The highest BCUT2D eigenvalue weighted by Crippen LogP contribution is 2.24. The molecule has 0 saturated carbocycles. The summed E-state index contributed by atoms with van der Waals surface area (Å²) in [5.41, 5.74) is 2.86. The Morgan fingerprint density at radius 2 is 2.31 bits per heavy atom. The summed E-state index contributed by atoms with van der Waals surface area (Å²) in [6.07, 6.45) is 7.73. The molecule has 0 unspecified atom stereocenters. The third-order valence-corrected chi connectivity index (χ3v) is 3.13. The second kappa shape index (κ2) is 4.45. The average Bonchev–Trinajstić information content (AvgIpc) is 2.63. The number of hydrogen-bond donors (Lipinski definition) is 1.